The summed E-state index contributed by atoms with van der Waals surface area (Å²) in [6, 6.07) is 9.83. The predicted molar refractivity (Wildman–Crippen MR) is 300 cm³/mol. The molecular weight excluding hydrogens is 1240 g/mol. The molecule has 4 saturated heterocycles. The van der Waals surface area contributed by atoms with Gasteiger partial charge < -0.3 is 38.3 Å². The number of benzene rings is 2. The number of carbonyl (C=O) groups is 2. The first kappa shape index (κ1) is 59.9. The highest BCUT2D eigenvalue weighted by atomic mass is 35.5. The van der Waals surface area contributed by atoms with E-state index in [2.05, 4.69) is 29.9 Å². The number of fused-ring (bicyclic) bond motifs is 6. The fourth-order valence-electron chi connectivity index (χ4n) is 12.5. The Morgan fingerprint density at radius 3 is 1.77 bits per heavy atom. The lowest BCUT2D eigenvalue weighted by atomic mass is 9.81. The second-order valence-corrected chi connectivity index (χ2v) is 29.5. The molecule has 4 fully saturated rings. The van der Waals surface area contributed by atoms with Gasteiger partial charge in [0.05, 0.1) is 55.3 Å². The molecule has 10 heterocycles. The van der Waals surface area contributed by atoms with Crippen molar-refractivity contribution in [2.45, 2.75) is 123 Å². The molecule has 31 heteroatoms. The van der Waals surface area contributed by atoms with Gasteiger partial charge in [0.25, 0.3) is 6.43 Å². The molecule has 1 unspecified atom stereocenters. The van der Waals surface area contributed by atoms with Crippen LogP contribution in [0.4, 0.5) is 42.4 Å². The Morgan fingerprint density at radius 1 is 0.713 bits per heavy atom. The van der Waals surface area contributed by atoms with Crippen molar-refractivity contribution >= 4 is 111 Å². The van der Waals surface area contributed by atoms with E-state index in [9.17, 15) is 58.6 Å². The number of rotatable bonds is 13. The molecule has 2 N–H and O–H groups in total. The van der Waals surface area contributed by atoms with Gasteiger partial charge in [-0.05, 0) is 82.0 Å². The van der Waals surface area contributed by atoms with Crippen molar-refractivity contribution in [1.29, 1.82) is 0 Å². The first-order valence-corrected chi connectivity index (χ1v) is 31.1. The number of alkyl halides is 7. The number of aromatic nitrogens is 6. The fourth-order valence-corrected chi connectivity index (χ4v) is 16.4. The zero-order chi connectivity index (χ0) is 62.3. The summed E-state index contributed by atoms with van der Waals surface area (Å²) in [6.45, 7) is 3.24. The van der Waals surface area contributed by atoms with Gasteiger partial charge in [0.15, 0.2) is 48.3 Å². The van der Waals surface area contributed by atoms with Crippen molar-refractivity contribution in [3.05, 3.63) is 105 Å². The van der Waals surface area contributed by atoms with Crippen LogP contribution in [0.3, 0.4) is 0 Å². The van der Waals surface area contributed by atoms with Crippen LogP contribution in [0.5, 0.6) is 11.8 Å². The van der Waals surface area contributed by atoms with E-state index in [1.54, 1.807) is 24.3 Å². The molecule has 0 saturated carbocycles. The zero-order valence-corrected chi connectivity index (χ0v) is 48.9. The molecule has 2 aromatic carbocycles. The highest BCUT2D eigenvalue weighted by Gasteiger charge is 2.55. The van der Waals surface area contributed by atoms with Crippen molar-refractivity contribution in [1.82, 2.24) is 29.9 Å². The summed E-state index contributed by atoms with van der Waals surface area (Å²) >= 11 is 12.7. The van der Waals surface area contributed by atoms with Crippen LogP contribution in [0.15, 0.2) is 75.8 Å². The summed E-state index contributed by atoms with van der Waals surface area (Å²) in [7, 11) is -7.96. The number of anilines is 2. The number of halogens is 9. The zero-order valence-electron chi connectivity index (χ0n) is 45.8. The Hall–Kier alpha value is -7.37. The smallest absolute Gasteiger partial charge is 0.451 e. The monoisotopic (exact) mass is 1290 g/mol. The molecule has 4 aliphatic rings. The van der Waals surface area contributed by atoms with Crippen molar-refractivity contribution in [2.24, 2.45) is 0 Å². The molecule has 0 aliphatic carbocycles. The van der Waals surface area contributed by atoms with Gasteiger partial charge in [0, 0.05) is 48.8 Å². The summed E-state index contributed by atoms with van der Waals surface area (Å²) in [5.74, 6) is -8.38. The van der Waals surface area contributed by atoms with Crippen LogP contribution >= 0.6 is 23.2 Å². The average Bonchev–Trinajstić information content (AvgIpc) is 1.85. The van der Waals surface area contributed by atoms with Crippen LogP contribution in [0.1, 0.15) is 94.1 Å². The maximum Gasteiger partial charge on any atom is 0.451 e. The van der Waals surface area contributed by atoms with Crippen molar-refractivity contribution < 1.29 is 85.7 Å². The summed E-state index contributed by atoms with van der Waals surface area (Å²) in [6.07, 6.45) is -12.0. The second-order valence-electron chi connectivity index (χ2n) is 23.2. The fraction of sp³-hybridized carbons (Fsp3) is 0.429. The van der Waals surface area contributed by atoms with E-state index in [1.165, 1.54) is 56.0 Å². The van der Waals surface area contributed by atoms with Crippen LogP contribution in [0.2, 0.25) is 10.0 Å². The van der Waals surface area contributed by atoms with E-state index in [-0.39, 0.29) is 84.9 Å². The minimum Gasteiger partial charge on any atom is -0.480 e. The normalized spacial score (nSPS) is 26.4. The maximum absolute atomic E-state index is 18.2. The number of carboxylic acids is 2. The number of hydrogen-bond acceptors (Lipinski definition) is 18. The van der Waals surface area contributed by atoms with Gasteiger partial charge in [-0.3, -0.25) is 0 Å². The molecule has 20 nitrogen and oxygen atoms in total. The standard InChI is InChI=1S/C56H49Cl2F7N8O12S2/c1-52(2)24-54(61,10-12-86(52,78)79)33-15-27(57)20-66-47(33)82-30-18-36(50(76)77)73(23-30)46-42-40(69-51(71-46)56(63,64)65)32-14-26(8-9-38(32)85-42)19-53(3)25-55(62,11-13-87(53,80)81)34-16-28(58)21-67-48(34)83-29-17-35(49(74)75)72(22-29)45-41-39(68-44(70-45)43(59)60)31-6-4-5-7-37(31)84-41/h4-9,14-16,20-21,29-30,35-36,43H,10-13,17-19,22-25H2,1-3H3,(H,74,75)(H,76,77)/t29-,30-,35-,36-,53?,54-,55-/m0/s1. The summed E-state index contributed by atoms with van der Waals surface area (Å²) in [4.78, 5) is 52.1. The van der Waals surface area contributed by atoms with Gasteiger partial charge in [-0.2, -0.15) is 13.2 Å². The second kappa shape index (κ2) is 20.9. The third-order valence-corrected chi connectivity index (χ3v) is 22.4. The van der Waals surface area contributed by atoms with Gasteiger partial charge in [-0.25, -0.2) is 73.9 Å². The summed E-state index contributed by atoms with van der Waals surface area (Å²) in [5.41, 5.74) is -6.00. The molecule has 0 amide bonds. The lowest BCUT2D eigenvalue weighted by Gasteiger charge is -2.42. The van der Waals surface area contributed by atoms with E-state index in [0.717, 1.165) is 17.3 Å². The molecule has 460 valence electrons. The molecule has 4 aliphatic heterocycles. The van der Waals surface area contributed by atoms with Gasteiger partial charge >= 0.3 is 18.1 Å². The van der Waals surface area contributed by atoms with Crippen LogP contribution in [-0.4, -0.2) is 127 Å². The average molecular weight is 1290 g/mol. The van der Waals surface area contributed by atoms with Crippen molar-refractivity contribution in [3.8, 4) is 11.8 Å². The number of carboxylic acid groups (broad SMARTS) is 2. The largest absolute Gasteiger partial charge is 0.480 e. The van der Waals surface area contributed by atoms with Crippen LogP contribution in [-0.2, 0) is 53.2 Å². The first-order chi connectivity index (χ1) is 40.8. The molecule has 8 aromatic rings. The number of furan rings is 2. The molecule has 0 radical (unpaired) electrons. The summed E-state index contributed by atoms with van der Waals surface area (Å²) in [5, 5.41) is 21.2. The number of hydrogen-bond donors (Lipinski definition) is 2. The quantitative estimate of drug-likeness (QED) is 0.102. The minimum absolute atomic E-state index is 0.00967. The SMILES string of the molecule is CC1(C)C[C@](F)(c2cc(Cl)cnc2O[C@H]2C[C@@H](C(=O)O)N(c3nc(C(F)(F)F)nc4c3oc3ccc(CC5(C)C[C@](F)(c6cc(Cl)cnc6O[C@H]6C[C@@H](C(=O)O)N(c7nc(C(F)F)nc8c7oc7ccccc78)C6)CCS5(=O)=O)cc34)C2)CCS1(=O)=O. The molecule has 87 heavy (non-hydrogen) atoms. The van der Waals surface area contributed by atoms with E-state index in [4.69, 9.17) is 41.5 Å². The molecule has 6 aromatic heterocycles. The van der Waals surface area contributed by atoms with E-state index < -0.39 is 174 Å². The van der Waals surface area contributed by atoms with Gasteiger partial charge in [0.2, 0.25) is 17.6 Å². The maximum atomic E-state index is 18.2. The highest BCUT2D eigenvalue weighted by Crippen LogP contribution is 2.52. The summed E-state index contributed by atoms with van der Waals surface area (Å²) < 4.78 is 184. The Kier molecular flexibility index (Phi) is 14.4. The number of para-hydroxylation sites is 1. The Labute approximate surface area is 498 Å². The Morgan fingerprint density at radius 2 is 1.23 bits per heavy atom. The topological polar surface area (TPSA) is 271 Å². The van der Waals surface area contributed by atoms with E-state index in [1.807, 2.05) is 0 Å². The Bertz CT molecular complexity index is 4410. The van der Waals surface area contributed by atoms with Gasteiger partial charge in [0.1, 0.15) is 57.8 Å². The van der Waals surface area contributed by atoms with Gasteiger partial charge in [-0.15, -0.1) is 0 Å². The molecule has 0 spiro atoms. The number of pyridine rings is 2. The molecule has 7 atom stereocenters. The van der Waals surface area contributed by atoms with E-state index in [0.29, 0.717) is 5.39 Å². The van der Waals surface area contributed by atoms with Crippen LogP contribution in [0.25, 0.3) is 44.1 Å². The lowest BCUT2D eigenvalue weighted by molar-refractivity contribution is -0.144. The van der Waals surface area contributed by atoms with Crippen molar-refractivity contribution in [2.75, 3.05) is 34.4 Å². The number of sulfone groups is 2. The lowest BCUT2D eigenvalue weighted by Crippen LogP contribution is -2.50. The number of aliphatic carboxylic acids is 2. The van der Waals surface area contributed by atoms with Crippen LogP contribution < -0.4 is 19.3 Å². The third-order valence-electron chi connectivity index (χ3n) is 16.9. The molecule has 12 rings (SSSR count). The number of nitrogens with zero attached hydrogens (tertiary/aromatic N) is 8. The number of ether oxygens (including phenoxy) is 2. The predicted octanol–water partition coefficient (Wildman–Crippen LogP) is 10.9. The van der Waals surface area contributed by atoms with E-state index >= 15 is 8.78 Å². The molecular formula is C56H49Cl2F7N8O12S2. The third kappa shape index (κ3) is 10.5. The first-order valence-electron chi connectivity index (χ1n) is 27.0. The Balaban J connectivity index is 0.843. The van der Waals surface area contributed by atoms with Gasteiger partial charge in [-0.1, -0.05) is 41.4 Å². The molecule has 0 bridgehead atoms. The van der Waals surface area contributed by atoms with Crippen molar-refractivity contribution in [3.63, 3.8) is 0 Å². The minimum atomic E-state index is -5.24. The van der Waals surface area contributed by atoms with Crippen LogP contribution in [0, 0.1) is 0 Å². The highest BCUT2D eigenvalue weighted by molar-refractivity contribution is 7.93.